The molecule has 0 heterocycles. The summed E-state index contributed by atoms with van der Waals surface area (Å²) in [5.41, 5.74) is 0. The molecule has 0 spiro atoms. The largest absolute Gasteiger partial charge is 0.451 e. The van der Waals surface area contributed by atoms with Crippen LogP contribution in [0.1, 0.15) is 20.3 Å². The van der Waals surface area contributed by atoms with E-state index >= 15 is 0 Å². The topological polar surface area (TPSA) is 92.3 Å². The van der Waals surface area contributed by atoms with Crippen molar-refractivity contribution in [2.45, 2.75) is 26.4 Å². The van der Waals surface area contributed by atoms with E-state index < -0.39 is 6.09 Å². The smallest absolute Gasteiger partial charge is 0.434 e. The van der Waals surface area contributed by atoms with E-state index in [2.05, 4.69) is 20.4 Å². The number of ether oxygens (including phenoxy) is 2. The Hall–Kier alpha value is -1.83. The van der Waals surface area contributed by atoms with Crippen LogP contribution in [0.5, 0.6) is 0 Å². The summed E-state index contributed by atoms with van der Waals surface area (Å²) in [7, 11) is 6.42. The van der Waals surface area contributed by atoms with Crippen LogP contribution in [0.4, 0.5) is 9.59 Å². The van der Waals surface area contributed by atoms with Gasteiger partial charge in [0.05, 0.1) is 19.6 Å². The minimum Gasteiger partial charge on any atom is -0.451 e. The van der Waals surface area contributed by atoms with E-state index in [1.807, 2.05) is 13.8 Å². The molecule has 0 aromatic carbocycles. The Morgan fingerprint density at radius 2 is 1.95 bits per heavy atom. The third-order valence-electron chi connectivity index (χ3n) is 2.14. The van der Waals surface area contributed by atoms with Gasteiger partial charge in [0.2, 0.25) is 0 Å². The minimum absolute atomic E-state index is 0.132. The maximum Gasteiger partial charge on any atom is 0.434 e. The third-order valence-corrected chi connectivity index (χ3v) is 2.14. The van der Waals surface area contributed by atoms with Crippen LogP contribution in [0.3, 0.4) is 0 Å². The molecule has 3 amide bonds. The minimum atomic E-state index is -0.580. The van der Waals surface area contributed by atoms with E-state index in [1.54, 1.807) is 26.0 Å². The first-order valence-electron chi connectivity index (χ1n) is 6.76. The van der Waals surface area contributed by atoms with Crippen molar-refractivity contribution in [1.29, 1.82) is 0 Å². The van der Waals surface area contributed by atoms with Crippen LogP contribution < -0.4 is 10.6 Å². The quantitative estimate of drug-likeness (QED) is 0.566. The van der Waals surface area contributed by atoms with Gasteiger partial charge < -0.3 is 25.0 Å². The Morgan fingerprint density at radius 3 is 2.33 bits per heavy atom. The molecule has 1 unspecified atom stereocenters. The lowest BCUT2D eigenvalue weighted by Crippen LogP contribution is -2.38. The number of aliphatic imine (C=N–C) groups is 1. The summed E-state index contributed by atoms with van der Waals surface area (Å²) in [6.45, 7) is 5.24. The van der Waals surface area contributed by atoms with Crippen molar-refractivity contribution in [3.8, 4) is 0 Å². The molecular weight excluding hydrogens is 276 g/mol. The standard InChI is InChI=1S/C8H18N2O2.C5H10N2O2/c1-4-7(12-5-2)6-10-8(11)9-3;1-7(2)4-6-5(8)9-3/h7H,4-6H2,1-3H3,(H2,9,10,11);4H,1-3H3. The molecule has 0 fully saturated rings. The van der Waals surface area contributed by atoms with Crippen LogP contribution >= 0.6 is 0 Å². The zero-order chi connectivity index (χ0) is 16.7. The third kappa shape index (κ3) is 16.1. The predicted molar refractivity (Wildman–Crippen MR) is 82.7 cm³/mol. The molecule has 0 aliphatic rings. The number of hydrogen-bond acceptors (Lipinski definition) is 4. The molecule has 21 heavy (non-hydrogen) atoms. The molecule has 0 saturated carbocycles. The summed E-state index contributed by atoms with van der Waals surface area (Å²) in [6.07, 6.45) is 1.85. The fraction of sp³-hybridized carbons (Fsp3) is 0.769. The number of rotatable bonds is 6. The van der Waals surface area contributed by atoms with Gasteiger partial charge in [0.1, 0.15) is 0 Å². The van der Waals surface area contributed by atoms with Gasteiger partial charge in [-0.05, 0) is 13.3 Å². The van der Waals surface area contributed by atoms with Crippen LogP contribution in [0.25, 0.3) is 0 Å². The Labute approximate surface area is 126 Å². The fourth-order valence-corrected chi connectivity index (χ4v) is 1.07. The Kier molecular flexibility index (Phi) is 14.9. The second-order valence-corrected chi connectivity index (χ2v) is 4.12. The van der Waals surface area contributed by atoms with Gasteiger partial charge in [-0.1, -0.05) is 6.92 Å². The molecule has 0 aromatic heterocycles. The van der Waals surface area contributed by atoms with Crippen molar-refractivity contribution in [3.05, 3.63) is 0 Å². The van der Waals surface area contributed by atoms with E-state index in [-0.39, 0.29) is 12.1 Å². The Bertz CT molecular complexity index is 309. The molecular formula is C13H28N4O4. The van der Waals surface area contributed by atoms with Crippen molar-refractivity contribution < 1.29 is 19.1 Å². The molecule has 8 nitrogen and oxygen atoms in total. The molecule has 0 rings (SSSR count). The second kappa shape index (κ2) is 14.6. The van der Waals surface area contributed by atoms with Crippen LogP contribution in [0, 0.1) is 0 Å². The lowest BCUT2D eigenvalue weighted by Gasteiger charge is -2.15. The monoisotopic (exact) mass is 304 g/mol. The first-order valence-corrected chi connectivity index (χ1v) is 6.76. The van der Waals surface area contributed by atoms with Gasteiger partial charge in [0.15, 0.2) is 0 Å². The highest BCUT2D eigenvalue weighted by Crippen LogP contribution is 1.95. The predicted octanol–water partition coefficient (Wildman–Crippen LogP) is 1.07. The maximum absolute atomic E-state index is 10.8. The summed E-state index contributed by atoms with van der Waals surface area (Å²) in [5.74, 6) is 0. The number of amides is 3. The molecule has 1 atom stereocenters. The van der Waals surface area contributed by atoms with Crippen molar-refractivity contribution in [2.75, 3.05) is 41.4 Å². The first kappa shape index (κ1) is 21.5. The van der Waals surface area contributed by atoms with Gasteiger partial charge in [-0.25, -0.2) is 9.59 Å². The van der Waals surface area contributed by atoms with E-state index in [0.29, 0.717) is 13.2 Å². The number of carbonyl (C=O) groups is 2. The summed E-state index contributed by atoms with van der Waals surface area (Å²) in [4.78, 5) is 26.1. The Balaban J connectivity index is 0. The average molecular weight is 304 g/mol. The molecule has 0 radical (unpaired) electrons. The number of carbonyl (C=O) groups excluding carboxylic acids is 2. The van der Waals surface area contributed by atoms with Gasteiger partial charge >= 0.3 is 12.1 Å². The number of nitrogens with one attached hydrogen (secondary N) is 2. The van der Waals surface area contributed by atoms with Crippen LogP contribution in [-0.2, 0) is 9.47 Å². The van der Waals surface area contributed by atoms with E-state index in [1.165, 1.54) is 13.4 Å². The number of urea groups is 1. The number of nitrogens with zero attached hydrogens (tertiary/aromatic N) is 2. The first-order chi connectivity index (χ1) is 9.90. The van der Waals surface area contributed by atoms with Gasteiger partial charge in [0.25, 0.3) is 0 Å². The molecule has 0 aliphatic heterocycles. The maximum atomic E-state index is 10.8. The summed E-state index contributed by atoms with van der Waals surface area (Å²) < 4.78 is 9.58. The van der Waals surface area contributed by atoms with E-state index in [9.17, 15) is 9.59 Å². The highest BCUT2D eigenvalue weighted by atomic mass is 16.5. The summed E-state index contributed by atoms with van der Waals surface area (Å²) >= 11 is 0. The second-order valence-electron chi connectivity index (χ2n) is 4.12. The van der Waals surface area contributed by atoms with Gasteiger partial charge in [-0.3, -0.25) is 0 Å². The molecule has 2 N–H and O–H groups in total. The van der Waals surface area contributed by atoms with Crippen molar-refractivity contribution >= 4 is 18.5 Å². The highest BCUT2D eigenvalue weighted by Gasteiger charge is 2.05. The number of hydrogen-bond donors (Lipinski definition) is 2. The molecule has 0 aliphatic carbocycles. The van der Waals surface area contributed by atoms with Crippen LogP contribution in [-0.4, -0.2) is 70.9 Å². The lowest BCUT2D eigenvalue weighted by molar-refractivity contribution is 0.0619. The Morgan fingerprint density at radius 1 is 1.33 bits per heavy atom. The van der Waals surface area contributed by atoms with Crippen LogP contribution in [0.2, 0.25) is 0 Å². The molecule has 8 heteroatoms. The summed E-state index contributed by atoms with van der Waals surface area (Å²) in [5, 5.41) is 5.17. The van der Waals surface area contributed by atoms with Gasteiger partial charge in [0, 0.05) is 34.3 Å². The van der Waals surface area contributed by atoms with Gasteiger partial charge in [-0.2, -0.15) is 4.99 Å². The molecule has 124 valence electrons. The van der Waals surface area contributed by atoms with Crippen LogP contribution in [0.15, 0.2) is 4.99 Å². The lowest BCUT2D eigenvalue weighted by atomic mass is 10.3. The average Bonchev–Trinajstić information content (AvgIpc) is 2.49. The summed E-state index contributed by atoms with van der Waals surface area (Å²) in [6, 6.07) is -0.159. The van der Waals surface area contributed by atoms with Crippen molar-refractivity contribution in [2.24, 2.45) is 4.99 Å². The highest BCUT2D eigenvalue weighted by molar-refractivity contribution is 5.78. The van der Waals surface area contributed by atoms with Crippen molar-refractivity contribution in [1.82, 2.24) is 15.5 Å². The zero-order valence-corrected chi connectivity index (χ0v) is 13.8. The SMILES string of the molecule is CCOC(CC)CNC(=O)NC.COC(=O)N=CN(C)C. The van der Waals surface area contributed by atoms with Gasteiger partial charge in [-0.15, -0.1) is 0 Å². The van der Waals surface area contributed by atoms with E-state index in [4.69, 9.17) is 4.74 Å². The van der Waals surface area contributed by atoms with E-state index in [0.717, 1.165) is 6.42 Å². The van der Waals surface area contributed by atoms with Crippen molar-refractivity contribution in [3.63, 3.8) is 0 Å². The fourth-order valence-electron chi connectivity index (χ4n) is 1.07. The molecule has 0 saturated heterocycles. The normalized spacial score (nSPS) is 11.1. The zero-order valence-electron chi connectivity index (χ0n) is 13.8. The molecule has 0 bridgehead atoms. The number of methoxy groups -OCH3 is 1. The molecule has 0 aromatic rings.